The second-order valence-corrected chi connectivity index (χ2v) is 6.19. The van der Waals surface area contributed by atoms with Crippen molar-refractivity contribution >= 4 is 11.6 Å². The maximum atomic E-state index is 13.5. The van der Waals surface area contributed by atoms with Gasteiger partial charge in [0.25, 0.3) is 5.78 Å². The summed E-state index contributed by atoms with van der Waals surface area (Å²) >= 11 is 0. The first-order valence-electron chi connectivity index (χ1n) is 8.56. The lowest BCUT2D eigenvalue weighted by Gasteiger charge is -2.34. The van der Waals surface area contributed by atoms with Crippen LogP contribution in [0, 0.1) is 5.82 Å². The van der Waals surface area contributed by atoms with Crippen LogP contribution in [0.5, 0.6) is 0 Å². The quantitative estimate of drug-likeness (QED) is 0.730. The molecule has 1 aromatic carbocycles. The van der Waals surface area contributed by atoms with Gasteiger partial charge in [-0.3, -0.25) is 0 Å². The number of halogens is 1. The van der Waals surface area contributed by atoms with Crippen molar-refractivity contribution in [1.82, 2.24) is 19.6 Å². The van der Waals surface area contributed by atoms with Crippen LogP contribution in [0.3, 0.4) is 0 Å². The highest BCUT2D eigenvalue weighted by Crippen LogP contribution is 2.27. The average molecular weight is 341 g/mol. The standard InChI is InChI=1S/C18H20FN5O/c1-2-4-15-10-17(24-18(22-15)20-12-21-24)23-7-8-25-16(11-23)13-5-3-6-14(19)9-13/h3,5-6,9-10,12,16H,2,4,7-8,11H2,1H3/t16-/m0/s1. The van der Waals surface area contributed by atoms with Crippen LogP contribution in [0.25, 0.3) is 5.78 Å². The molecule has 2 aromatic heterocycles. The van der Waals surface area contributed by atoms with Gasteiger partial charge in [-0.15, -0.1) is 0 Å². The summed E-state index contributed by atoms with van der Waals surface area (Å²) in [6, 6.07) is 8.67. The minimum atomic E-state index is -0.244. The largest absolute Gasteiger partial charge is 0.370 e. The van der Waals surface area contributed by atoms with Crippen molar-refractivity contribution in [1.29, 1.82) is 0 Å². The molecule has 0 radical (unpaired) electrons. The number of aromatic nitrogens is 4. The Hall–Kier alpha value is -2.54. The fraction of sp³-hybridized carbons (Fsp3) is 0.389. The molecule has 0 N–H and O–H groups in total. The molecule has 6 nitrogen and oxygen atoms in total. The smallest absolute Gasteiger partial charge is 0.254 e. The lowest BCUT2D eigenvalue weighted by molar-refractivity contribution is 0.0392. The van der Waals surface area contributed by atoms with E-state index in [1.807, 2.05) is 6.07 Å². The predicted molar refractivity (Wildman–Crippen MR) is 92.1 cm³/mol. The Kier molecular flexibility index (Phi) is 4.31. The molecular formula is C18H20FN5O. The number of anilines is 1. The van der Waals surface area contributed by atoms with Crippen LogP contribution in [0.1, 0.15) is 30.7 Å². The molecule has 1 atom stereocenters. The molecule has 0 spiro atoms. The Morgan fingerprint density at radius 2 is 2.24 bits per heavy atom. The summed E-state index contributed by atoms with van der Waals surface area (Å²) in [6.45, 7) is 4.08. The van der Waals surface area contributed by atoms with Gasteiger partial charge in [0.1, 0.15) is 24.1 Å². The highest BCUT2D eigenvalue weighted by Gasteiger charge is 2.25. The summed E-state index contributed by atoms with van der Waals surface area (Å²) in [5.41, 5.74) is 1.86. The maximum Gasteiger partial charge on any atom is 0.254 e. The number of aryl methyl sites for hydroxylation is 1. The topological polar surface area (TPSA) is 55.6 Å². The molecule has 0 bridgehead atoms. The van der Waals surface area contributed by atoms with Crippen molar-refractivity contribution in [2.75, 3.05) is 24.6 Å². The maximum absolute atomic E-state index is 13.5. The molecule has 0 unspecified atom stereocenters. The molecule has 25 heavy (non-hydrogen) atoms. The Bertz CT molecular complexity index is 881. The average Bonchev–Trinajstić information content (AvgIpc) is 3.10. The van der Waals surface area contributed by atoms with Gasteiger partial charge in [-0.2, -0.15) is 14.6 Å². The first-order valence-corrected chi connectivity index (χ1v) is 8.56. The van der Waals surface area contributed by atoms with Gasteiger partial charge in [0.2, 0.25) is 0 Å². The third-order valence-corrected chi connectivity index (χ3v) is 4.40. The van der Waals surface area contributed by atoms with E-state index in [4.69, 9.17) is 4.74 Å². The number of benzene rings is 1. The molecule has 4 rings (SSSR count). The zero-order chi connectivity index (χ0) is 17.2. The highest BCUT2D eigenvalue weighted by molar-refractivity contribution is 5.48. The van der Waals surface area contributed by atoms with E-state index in [0.29, 0.717) is 18.9 Å². The number of hydrogen-bond acceptors (Lipinski definition) is 5. The Balaban J connectivity index is 1.67. The van der Waals surface area contributed by atoms with Gasteiger partial charge in [-0.05, 0) is 24.1 Å². The Morgan fingerprint density at radius 3 is 3.08 bits per heavy atom. The van der Waals surface area contributed by atoms with E-state index in [0.717, 1.165) is 36.5 Å². The van der Waals surface area contributed by atoms with Crippen molar-refractivity contribution in [2.24, 2.45) is 0 Å². The van der Waals surface area contributed by atoms with Crippen LogP contribution in [0.2, 0.25) is 0 Å². The molecule has 7 heteroatoms. The summed E-state index contributed by atoms with van der Waals surface area (Å²) in [5, 5.41) is 4.31. The zero-order valence-corrected chi connectivity index (χ0v) is 14.1. The second-order valence-electron chi connectivity index (χ2n) is 6.19. The van der Waals surface area contributed by atoms with Gasteiger partial charge in [0, 0.05) is 24.8 Å². The fourth-order valence-corrected chi connectivity index (χ4v) is 3.22. The van der Waals surface area contributed by atoms with Gasteiger partial charge in [-0.25, -0.2) is 9.37 Å². The summed E-state index contributed by atoms with van der Waals surface area (Å²) < 4.78 is 21.2. The molecule has 3 heterocycles. The third-order valence-electron chi connectivity index (χ3n) is 4.40. The lowest BCUT2D eigenvalue weighted by atomic mass is 10.1. The molecule has 0 aliphatic carbocycles. The summed E-state index contributed by atoms with van der Waals surface area (Å²) in [7, 11) is 0. The van der Waals surface area contributed by atoms with E-state index in [1.165, 1.54) is 18.5 Å². The van der Waals surface area contributed by atoms with Gasteiger partial charge >= 0.3 is 0 Å². The minimum absolute atomic E-state index is 0.175. The van der Waals surface area contributed by atoms with E-state index in [2.05, 4.69) is 33.0 Å². The molecule has 130 valence electrons. The van der Waals surface area contributed by atoms with Crippen LogP contribution in [0.15, 0.2) is 36.7 Å². The monoisotopic (exact) mass is 341 g/mol. The van der Waals surface area contributed by atoms with Crippen LogP contribution in [-0.4, -0.2) is 39.3 Å². The number of nitrogens with zero attached hydrogens (tertiary/aromatic N) is 5. The second kappa shape index (κ2) is 6.76. The van der Waals surface area contributed by atoms with Gasteiger partial charge < -0.3 is 9.64 Å². The molecule has 0 amide bonds. The predicted octanol–water partition coefficient (Wildman–Crippen LogP) is 2.79. The van der Waals surface area contributed by atoms with Crippen molar-refractivity contribution in [3.05, 3.63) is 53.7 Å². The number of hydrogen-bond donors (Lipinski definition) is 0. The van der Waals surface area contributed by atoms with Crippen molar-refractivity contribution in [3.8, 4) is 0 Å². The number of morpholine rings is 1. The number of rotatable bonds is 4. The van der Waals surface area contributed by atoms with E-state index in [-0.39, 0.29) is 11.9 Å². The van der Waals surface area contributed by atoms with E-state index < -0.39 is 0 Å². The molecule has 1 aliphatic heterocycles. The number of fused-ring (bicyclic) bond motifs is 1. The van der Waals surface area contributed by atoms with E-state index in [1.54, 1.807) is 10.6 Å². The van der Waals surface area contributed by atoms with Crippen LogP contribution in [0.4, 0.5) is 10.2 Å². The fourth-order valence-electron chi connectivity index (χ4n) is 3.22. The minimum Gasteiger partial charge on any atom is -0.370 e. The summed E-state index contributed by atoms with van der Waals surface area (Å²) in [4.78, 5) is 11.0. The van der Waals surface area contributed by atoms with Crippen LogP contribution in [-0.2, 0) is 11.2 Å². The lowest BCUT2D eigenvalue weighted by Crippen LogP contribution is -2.39. The SMILES string of the molecule is CCCc1cc(N2CCO[C@H](c3cccc(F)c3)C2)n2ncnc2n1. The van der Waals surface area contributed by atoms with Gasteiger partial charge in [0.15, 0.2) is 0 Å². The van der Waals surface area contributed by atoms with Crippen LogP contribution < -0.4 is 4.90 Å². The third kappa shape index (κ3) is 3.19. The normalized spacial score (nSPS) is 18.0. The van der Waals surface area contributed by atoms with Gasteiger partial charge in [-0.1, -0.05) is 25.5 Å². The van der Waals surface area contributed by atoms with Crippen molar-refractivity contribution < 1.29 is 9.13 Å². The summed E-state index contributed by atoms with van der Waals surface area (Å²) in [6.07, 6.45) is 3.26. The highest BCUT2D eigenvalue weighted by atomic mass is 19.1. The first kappa shape index (κ1) is 16.0. The Morgan fingerprint density at radius 1 is 1.32 bits per heavy atom. The van der Waals surface area contributed by atoms with Crippen molar-refractivity contribution in [3.63, 3.8) is 0 Å². The molecular weight excluding hydrogens is 321 g/mol. The first-order chi connectivity index (χ1) is 12.2. The van der Waals surface area contributed by atoms with Crippen LogP contribution >= 0.6 is 0 Å². The molecule has 1 fully saturated rings. The molecule has 1 aliphatic rings. The molecule has 1 saturated heterocycles. The summed E-state index contributed by atoms with van der Waals surface area (Å²) in [5.74, 6) is 1.32. The van der Waals surface area contributed by atoms with Gasteiger partial charge in [0.05, 0.1) is 6.61 Å². The Labute approximate surface area is 145 Å². The number of ether oxygens (including phenoxy) is 1. The van der Waals surface area contributed by atoms with E-state index in [9.17, 15) is 4.39 Å². The molecule has 3 aromatic rings. The molecule has 0 saturated carbocycles. The van der Waals surface area contributed by atoms with Crippen molar-refractivity contribution in [2.45, 2.75) is 25.9 Å². The zero-order valence-electron chi connectivity index (χ0n) is 14.1. The van der Waals surface area contributed by atoms with E-state index >= 15 is 0 Å².